The zero-order chi connectivity index (χ0) is 19.3. The van der Waals surface area contributed by atoms with Crippen LogP contribution in [0.1, 0.15) is 11.1 Å². The smallest absolute Gasteiger partial charge is 0.0541 e. The molecule has 0 aliphatic carbocycles. The Morgan fingerprint density at radius 3 is 1.71 bits per heavy atom. The molecule has 136 valence electrons. The van der Waals surface area contributed by atoms with Gasteiger partial charge in [0.05, 0.1) is 11.0 Å². The third-order valence-electron chi connectivity index (χ3n) is 5.53. The van der Waals surface area contributed by atoms with E-state index in [-0.39, 0.29) is 0 Å². The van der Waals surface area contributed by atoms with Gasteiger partial charge in [0.15, 0.2) is 0 Å². The molecule has 28 heavy (non-hydrogen) atoms. The lowest BCUT2D eigenvalue weighted by molar-refractivity contribution is 1.17. The van der Waals surface area contributed by atoms with E-state index in [0.717, 1.165) is 0 Å². The Morgan fingerprint density at radius 1 is 0.607 bits per heavy atom. The number of aryl methyl sites for hydroxylation is 2. The molecule has 0 bridgehead atoms. The summed E-state index contributed by atoms with van der Waals surface area (Å²) in [6, 6.07) is 30.8. The molecule has 1 heterocycles. The van der Waals surface area contributed by atoms with Gasteiger partial charge in [0.1, 0.15) is 0 Å². The van der Waals surface area contributed by atoms with E-state index in [1.54, 1.807) is 0 Å². The Balaban J connectivity index is 1.74. The number of aromatic nitrogens is 1. The van der Waals surface area contributed by atoms with Crippen LogP contribution in [0.4, 0.5) is 0 Å². The Kier molecular flexibility index (Phi) is 4.24. The lowest BCUT2D eigenvalue weighted by Gasteiger charge is -2.14. The highest BCUT2D eigenvalue weighted by atomic mass is 127. The summed E-state index contributed by atoms with van der Waals surface area (Å²) >= 11 is 2.38. The number of para-hydroxylation sites is 2. The van der Waals surface area contributed by atoms with Gasteiger partial charge in [-0.25, -0.2) is 0 Å². The van der Waals surface area contributed by atoms with Crippen LogP contribution in [-0.2, 0) is 0 Å². The fraction of sp³-hybridized carbons (Fsp3) is 0.0769. The Bertz CT molecular complexity index is 1290. The molecule has 0 amide bonds. The largest absolute Gasteiger partial charge is 0.309 e. The maximum Gasteiger partial charge on any atom is 0.0541 e. The van der Waals surface area contributed by atoms with Gasteiger partial charge < -0.3 is 4.57 Å². The minimum atomic E-state index is 1.21. The maximum absolute atomic E-state index is 2.38. The summed E-state index contributed by atoms with van der Waals surface area (Å²) in [7, 11) is 0. The molecule has 5 rings (SSSR count). The molecule has 1 nitrogen and oxygen atoms in total. The van der Waals surface area contributed by atoms with E-state index in [1.165, 1.54) is 53.3 Å². The van der Waals surface area contributed by atoms with Crippen LogP contribution >= 0.6 is 22.6 Å². The molecule has 1 aromatic heterocycles. The summed E-state index contributed by atoms with van der Waals surface area (Å²) in [5, 5.41) is 2.60. The summed E-state index contributed by atoms with van der Waals surface area (Å²) in [5.41, 5.74) is 8.94. The second-order valence-corrected chi connectivity index (χ2v) is 8.57. The maximum atomic E-state index is 2.38. The molecule has 0 saturated heterocycles. The lowest BCUT2D eigenvalue weighted by atomic mass is 9.96. The van der Waals surface area contributed by atoms with Crippen molar-refractivity contribution >= 4 is 44.4 Å². The van der Waals surface area contributed by atoms with Crippen LogP contribution in [0.25, 0.3) is 38.6 Å². The van der Waals surface area contributed by atoms with Gasteiger partial charge in [-0.1, -0.05) is 48.5 Å². The second-order valence-electron chi connectivity index (χ2n) is 7.33. The summed E-state index contributed by atoms with van der Waals surface area (Å²) in [6.45, 7) is 4.40. The first kappa shape index (κ1) is 17.5. The zero-order valence-corrected chi connectivity index (χ0v) is 18.1. The lowest BCUT2D eigenvalue weighted by Crippen LogP contribution is -1.96. The SMILES string of the molecule is Cc1cc(I)ccc1-c1ccc(-n2c3ccccc3c3ccccc32)cc1C. The number of rotatable bonds is 2. The van der Waals surface area contributed by atoms with E-state index in [1.807, 2.05) is 0 Å². The first-order valence-corrected chi connectivity index (χ1v) is 10.6. The van der Waals surface area contributed by atoms with E-state index >= 15 is 0 Å². The van der Waals surface area contributed by atoms with Gasteiger partial charge in [-0.3, -0.25) is 0 Å². The van der Waals surface area contributed by atoms with Gasteiger partial charge in [-0.05, 0) is 95.1 Å². The molecule has 0 unspecified atom stereocenters. The summed E-state index contributed by atoms with van der Waals surface area (Å²) in [5.74, 6) is 0. The predicted octanol–water partition coefficient (Wildman–Crippen LogP) is 7.67. The molecule has 0 fully saturated rings. The molecule has 0 atom stereocenters. The molecule has 0 aliphatic rings. The molecule has 4 aromatic carbocycles. The van der Waals surface area contributed by atoms with E-state index in [4.69, 9.17) is 0 Å². The van der Waals surface area contributed by atoms with E-state index in [2.05, 4.69) is 126 Å². The number of benzene rings is 4. The van der Waals surface area contributed by atoms with Crippen molar-refractivity contribution in [1.29, 1.82) is 0 Å². The number of fused-ring (bicyclic) bond motifs is 3. The summed E-state index contributed by atoms with van der Waals surface area (Å²) < 4.78 is 3.65. The van der Waals surface area contributed by atoms with Crippen LogP contribution in [0, 0.1) is 17.4 Å². The predicted molar refractivity (Wildman–Crippen MR) is 128 cm³/mol. The molecule has 2 heteroatoms. The first-order chi connectivity index (χ1) is 13.6. The van der Waals surface area contributed by atoms with Gasteiger partial charge in [0.25, 0.3) is 0 Å². The molecule has 0 spiro atoms. The fourth-order valence-corrected chi connectivity index (χ4v) is 4.87. The molecular formula is C26H20IN. The number of hydrogen-bond acceptors (Lipinski definition) is 0. The molecule has 0 aliphatic heterocycles. The van der Waals surface area contributed by atoms with Crippen molar-refractivity contribution in [1.82, 2.24) is 4.57 Å². The first-order valence-electron chi connectivity index (χ1n) is 9.49. The van der Waals surface area contributed by atoms with Crippen LogP contribution in [-0.4, -0.2) is 4.57 Å². The second kappa shape index (κ2) is 6.78. The summed E-state index contributed by atoms with van der Waals surface area (Å²) in [4.78, 5) is 0. The number of nitrogens with zero attached hydrogens (tertiary/aromatic N) is 1. The highest BCUT2D eigenvalue weighted by molar-refractivity contribution is 14.1. The summed E-state index contributed by atoms with van der Waals surface area (Å²) in [6.07, 6.45) is 0. The van der Waals surface area contributed by atoms with Crippen molar-refractivity contribution in [3.8, 4) is 16.8 Å². The quantitative estimate of drug-likeness (QED) is 0.232. The molecule has 0 saturated carbocycles. The monoisotopic (exact) mass is 473 g/mol. The van der Waals surface area contributed by atoms with Crippen LogP contribution in [0.2, 0.25) is 0 Å². The standard InChI is InChI=1S/C26H20IN/c1-17-15-19(27)11-13-21(17)22-14-12-20(16-18(22)2)28-25-9-5-3-7-23(25)24-8-4-6-10-26(24)28/h3-16H,1-2H3. The van der Waals surface area contributed by atoms with E-state index in [9.17, 15) is 0 Å². The van der Waals surface area contributed by atoms with Gasteiger partial charge in [-0.2, -0.15) is 0 Å². The topological polar surface area (TPSA) is 4.93 Å². The van der Waals surface area contributed by atoms with Crippen LogP contribution in [0.3, 0.4) is 0 Å². The average Bonchev–Trinajstić information content (AvgIpc) is 3.03. The van der Waals surface area contributed by atoms with Crippen LogP contribution in [0.15, 0.2) is 84.9 Å². The molecular weight excluding hydrogens is 453 g/mol. The number of hydrogen-bond donors (Lipinski definition) is 0. The Hall–Kier alpha value is -2.59. The van der Waals surface area contributed by atoms with Gasteiger partial charge >= 0.3 is 0 Å². The van der Waals surface area contributed by atoms with Crippen LogP contribution < -0.4 is 0 Å². The van der Waals surface area contributed by atoms with Crippen LogP contribution in [0.5, 0.6) is 0 Å². The van der Waals surface area contributed by atoms with E-state index < -0.39 is 0 Å². The van der Waals surface area contributed by atoms with Crippen molar-refractivity contribution in [2.75, 3.05) is 0 Å². The molecule has 5 aromatic rings. The zero-order valence-electron chi connectivity index (χ0n) is 15.9. The third-order valence-corrected chi connectivity index (χ3v) is 6.20. The average molecular weight is 473 g/mol. The normalized spacial score (nSPS) is 11.4. The highest BCUT2D eigenvalue weighted by Gasteiger charge is 2.13. The van der Waals surface area contributed by atoms with Crippen molar-refractivity contribution in [3.63, 3.8) is 0 Å². The van der Waals surface area contributed by atoms with Gasteiger partial charge in [0, 0.05) is 20.0 Å². The molecule has 0 radical (unpaired) electrons. The third kappa shape index (κ3) is 2.75. The van der Waals surface area contributed by atoms with Crippen molar-refractivity contribution in [3.05, 3.63) is 99.6 Å². The van der Waals surface area contributed by atoms with Crippen molar-refractivity contribution < 1.29 is 0 Å². The highest BCUT2D eigenvalue weighted by Crippen LogP contribution is 2.34. The van der Waals surface area contributed by atoms with Gasteiger partial charge in [0.2, 0.25) is 0 Å². The van der Waals surface area contributed by atoms with Crippen molar-refractivity contribution in [2.24, 2.45) is 0 Å². The fourth-order valence-electron chi connectivity index (χ4n) is 4.22. The Morgan fingerprint density at radius 2 is 1.14 bits per heavy atom. The van der Waals surface area contributed by atoms with Gasteiger partial charge in [-0.15, -0.1) is 0 Å². The minimum Gasteiger partial charge on any atom is -0.309 e. The number of halogens is 1. The van der Waals surface area contributed by atoms with E-state index in [0.29, 0.717) is 0 Å². The minimum absolute atomic E-state index is 1.21. The van der Waals surface area contributed by atoms with Crippen molar-refractivity contribution in [2.45, 2.75) is 13.8 Å². The Labute approximate surface area is 178 Å². The molecule has 0 N–H and O–H groups in total.